The van der Waals surface area contributed by atoms with Crippen LogP contribution in [0.25, 0.3) is 22.3 Å². The number of piperazine rings is 1. The molecule has 0 bridgehead atoms. The third kappa shape index (κ3) is 3.81. The fourth-order valence-corrected chi connectivity index (χ4v) is 3.46. The second kappa shape index (κ2) is 7.53. The highest BCUT2D eigenvalue weighted by Gasteiger charge is 2.15. The smallest absolute Gasteiger partial charge is 0.269 e. The van der Waals surface area contributed by atoms with Crippen molar-refractivity contribution < 1.29 is 9.34 Å². The Hall–Kier alpha value is -3.03. The van der Waals surface area contributed by atoms with E-state index in [-0.39, 0.29) is 11.1 Å². The second-order valence-electron chi connectivity index (χ2n) is 7.19. The molecule has 1 aliphatic rings. The highest BCUT2D eigenvalue weighted by Crippen LogP contribution is 2.25. The van der Waals surface area contributed by atoms with Gasteiger partial charge in [0.1, 0.15) is 11.3 Å². The molecular formula is C21H21N3O4. The van der Waals surface area contributed by atoms with Crippen molar-refractivity contribution in [2.75, 3.05) is 33.2 Å². The summed E-state index contributed by atoms with van der Waals surface area (Å²) in [6.07, 6.45) is 0. The highest BCUT2D eigenvalue weighted by atomic mass is 16.6. The first-order valence-corrected chi connectivity index (χ1v) is 9.22. The van der Waals surface area contributed by atoms with E-state index in [1.807, 2.05) is 18.2 Å². The molecule has 2 heterocycles. The van der Waals surface area contributed by atoms with Crippen LogP contribution < -0.4 is 5.43 Å². The van der Waals surface area contributed by atoms with Crippen molar-refractivity contribution in [3.05, 3.63) is 74.4 Å². The molecule has 0 spiro atoms. The maximum atomic E-state index is 12.6. The average Bonchev–Trinajstić information content (AvgIpc) is 2.70. The first kappa shape index (κ1) is 18.3. The number of fused-ring (bicyclic) bond motifs is 1. The molecule has 1 saturated heterocycles. The van der Waals surface area contributed by atoms with Crippen molar-refractivity contribution in [3.63, 3.8) is 0 Å². The summed E-state index contributed by atoms with van der Waals surface area (Å²) in [5.74, 6) is 0.402. The Balaban J connectivity index is 1.61. The summed E-state index contributed by atoms with van der Waals surface area (Å²) in [5, 5.41) is 11.3. The average molecular weight is 379 g/mol. The van der Waals surface area contributed by atoms with Crippen LogP contribution in [0.4, 0.5) is 5.69 Å². The van der Waals surface area contributed by atoms with E-state index in [2.05, 4.69) is 16.8 Å². The summed E-state index contributed by atoms with van der Waals surface area (Å²) >= 11 is 0. The van der Waals surface area contributed by atoms with E-state index in [9.17, 15) is 14.9 Å². The lowest BCUT2D eigenvalue weighted by Gasteiger charge is -2.32. The van der Waals surface area contributed by atoms with Crippen LogP contribution in [0.2, 0.25) is 0 Å². The number of hydrogen-bond donors (Lipinski definition) is 0. The standard InChI is InChI=1S/C21H21N3O4/c1-22-8-10-23(11-9-22)14-15-2-7-20-18(12-15)19(25)13-21(28-20)16-3-5-17(6-4-16)24(26)27/h2-7,12-13H,8-11,14H2,1H3. The van der Waals surface area contributed by atoms with Gasteiger partial charge >= 0.3 is 0 Å². The van der Waals surface area contributed by atoms with Gasteiger partial charge in [0.25, 0.3) is 5.69 Å². The van der Waals surface area contributed by atoms with Crippen LogP contribution in [0.15, 0.2) is 57.7 Å². The first-order valence-electron chi connectivity index (χ1n) is 9.22. The molecule has 0 radical (unpaired) electrons. The molecule has 0 N–H and O–H groups in total. The van der Waals surface area contributed by atoms with Gasteiger partial charge in [0.05, 0.1) is 10.3 Å². The van der Waals surface area contributed by atoms with Gasteiger partial charge in [-0.3, -0.25) is 19.8 Å². The molecule has 7 nitrogen and oxygen atoms in total. The van der Waals surface area contributed by atoms with E-state index in [0.29, 0.717) is 22.3 Å². The zero-order valence-corrected chi connectivity index (χ0v) is 15.6. The highest BCUT2D eigenvalue weighted by molar-refractivity contribution is 5.79. The van der Waals surface area contributed by atoms with Gasteiger partial charge in [-0.2, -0.15) is 0 Å². The van der Waals surface area contributed by atoms with Gasteiger partial charge in [0.15, 0.2) is 5.43 Å². The third-order valence-corrected chi connectivity index (χ3v) is 5.16. The summed E-state index contributed by atoms with van der Waals surface area (Å²) in [6.45, 7) is 4.94. The topological polar surface area (TPSA) is 79.8 Å². The van der Waals surface area contributed by atoms with Gasteiger partial charge in [-0.15, -0.1) is 0 Å². The van der Waals surface area contributed by atoms with Crippen molar-refractivity contribution in [2.45, 2.75) is 6.54 Å². The SMILES string of the molecule is CN1CCN(Cc2ccc3oc(-c4ccc([N+](=O)[O-])cc4)cc(=O)c3c2)CC1. The van der Waals surface area contributed by atoms with Crippen LogP contribution in [0.1, 0.15) is 5.56 Å². The maximum Gasteiger partial charge on any atom is 0.269 e. The van der Waals surface area contributed by atoms with Crippen LogP contribution in [-0.4, -0.2) is 47.9 Å². The maximum absolute atomic E-state index is 12.6. The van der Waals surface area contributed by atoms with Gasteiger partial charge in [0, 0.05) is 56.5 Å². The number of benzene rings is 2. The molecule has 0 amide bonds. The molecule has 144 valence electrons. The fourth-order valence-electron chi connectivity index (χ4n) is 3.46. The molecule has 2 aromatic carbocycles. The number of nitrogens with zero attached hydrogens (tertiary/aromatic N) is 3. The molecule has 3 aromatic rings. The predicted molar refractivity (Wildman–Crippen MR) is 107 cm³/mol. The molecule has 1 aliphatic heterocycles. The second-order valence-corrected chi connectivity index (χ2v) is 7.19. The lowest BCUT2D eigenvalue weighted by Crippen LogP contribution is -2.43. The lowest BCUT2D eigenvalue weighted by molar-refractivity contribution is -0.384. The Morgan fingerprint density at radius 1 is 1.04 bits per heavy atom. The normalized spacial score (nSPS) is 15.8. The number of non-ortho nitro benzene ring substituents is 1. The van der Waals surface area contributed by atoms with Crippen molar-refractivity contribution in [2.24, 2.45) is 0 Å². The van der Waals surface area contributed by atoms with Crippen molar-refractivity contribution >= 4 is 16.7 Å². The molecule has 0 unspecified atom stereocenters. The Morgan fingerprint density at radius 2 is 1.75 bits per heavy atom. The summed E-state index contributed by atoms with van der Waals surface area (Å²) < 4.78 is 5.90. The van der Waals surface area contributed by atoms with Gasteiger partial charge in [-0.1, -0.05) is 6.07 Å². The third-order valence-electron chi connectivity index (χ3n) is 5.16. The Labute approximate surface area is 161 Å². The van der Waals surface area contributed by atoms with Crippen molar-refractivity contribution in [1.29, 1.82) is 0 Å². The van der Waals surface area contributed by atoms with E-state index in [4.69, 9.17) is 4.42 Å². The summed E-state index contributed by atoms with van der Waals surface area (Å²) in [5.41, 5.74) is 2.12. The van der Waals surface area contributed by atoms with Crippen LogP contribution in [0.5, 0.6) is 0 Å². The summed E-state index contributed by atoms with van der Waals surface area (Å²) in [7, 11) is 2.13. The fraction of sp³-hybridized carbons (Fsp3) is 0.286. The van der Waals surface area contributed by atoms with E-state index < -0.39 is 4.92 Å². The molecule has 1 aromatic heterocycles. The van der Waals surface area contributed by atoms with E-state index >= 15 is 0 Å². The zero-order valence-electron chi connectivity index (χ0n) is 15.6. The van der Waals surface area contributed by atoms with Crippen molar-refractivity contribution in [3.8, 4) is 11.3 Å². The molecular weight excluding hydrogens is 358 g/mol. The minimum absolute atomic E-state index is 0.000402. The van der Waals surface area contributed by atoms with E-state index in [1.54, 1.807) is 12.1 Å². The Bertz CT molecular complexity index is 1070. The molecule has 0 aliphatic carbocycles. The van der Waals surface area contributed by atoms with Gasteiger partial charge in [-0.25, -0.2) is 0 Å². The van der Waals surface area contributed by atoms with E-state index in [1.165, 1.54) is 18.2 Å². The van der Waals surface area contributed by atoms with E-state index in [0.717, 1.165) is 38.3 Å². The Morgan fingerprint density at radius 3 is 2.43 bits per heavy atom. The molecule has 1 fully saturated rings. The number of nitro benzene ring substituents is 1. The van der Waals surface area contributed by atoms with Crippen LogP contribution in [0.3, 0.4) is 0 Å². The summed E-state index contributed by atoms with van der Waals surface area (Å²) in [4.78, 5) is 27.7. The lowest BCUT2D eigenvalue weighted by atomic mass is 10.1. The Kier molecular flexibility index (Phi) is 4.93. The van der Waals surface area contributed by atoms with Gasteiger partial charge in [-0.05, 0) is 36.9 Å². The number of rotatable bonds is 4. The van der Waals surface area contributed by atoms with Crippen LogP contribution in [-0.2, 0) is 6.54 Å². The predicted octanol–water partition coefficient (Wildman–Crippen LogP) is 3.12. The molecule has 7 heteroatoms. The minimum Gasteiger partial charge on any atom is -0.456 e. The molecule has 0 atom stereocenters. The van der Waals surface area contributed by atoms with Crippen molar-refractivity contribution in [1.82, 2.24) is 9.80 Å². The summed E-state index contributed by atoms with van der Waals surface area (Å²) in [6, 6.07) is 13.1. The monoisotopic (exact) mass is 379 g/mol. The molecule has 4 rings (SSSR count). The van der Waals surface area contributed by atoms with Gasteiger partial charge < -0.3 is 9.32 Å². The van der Waals surface area contributed by atoms with Gasteiger partial charge in [0.2, 0.25) is 0 Å². The minimum atomic E-state index is -0.456. The largest absolute Gasteiger partial charge is 0.456 e. The number of nitro groups is 1. The zero-order chi connectivity index (χ0) is 19.7. The first-order chi connectivity index (χ1) is 13.5. The molecule has 0 saturated carbocycles. The van der Waals surface area contributed by atoms with Crippen LogP contribution >= 0.6 is 0 Å². The molecule has 28 heavy (non-hydrogen) atoms. The quantitative estimate of drug-likeness (QED) is 0.512. The van der Waals surface area contributed by atoms with Crippen LogP contribution in [0, 0.1) is 10.1 Å². The number of hydrogen-bond acceptors (Lipinski definition) is 6. The number of likely N-dealkylation sites (N-methyl/N-ethyl adjacent to an activating group) is 1.